The molecule has 3 rings (SSSR count). The maximum absolute atomic E-state index is 12.1. The Morgan fingerprint density at radius 2 is 1.75 bits per heavy atom. The average molecular weight is 387 g/mol. The van der Waals surface area contributed by atoms with E-state index in [1.807, 2.05) is 6.07 Å². The molecule has 0 atom stereocenters. The zero-order valence-corrected chi connectivity index (χ0v) is 17.0. The molecule has 1 aliphatic carbocycles. The van der Waals surface area contributed by atoms with Crippen molar-refractivity contribution in [1.82, 2.24) is 20.4 Å². The van der Waals surface area contributed by atoms with Gasteiger partial charge in [-0.1, -0.05) is 43.2 Å². The summed E-state index contributed by atoms with van der Waals surface area (Å²) in [5.41, 5.74) is 1.34. The van der Waals surface area contributed by atoms with Crippen LogP contribution in [-0.4, -0.2) is 61.0 Å². The van der Waals surface area contributed by atoms with E-state index in [0.717, 1.165) is 64.7 Å². The van der Waals surface area contributed by atoms with Crippen LogP contribution in [0.3, 0.4) is 0 Å². The van der Waals surface area contributed by atoms with E-state index in [-0.39, 0.29) is 18.0 Å². The molecule has 1 heterocycles. The number of hydrogen-bond acceptors (Lipinski definition) is 4. The highest BCUT2D eigenvalue weighted by Crippen LogP contribution is 2.19. The van der Waals surface area contributed by atoms with Gasteiger partial charge in [-0.3, -0.25) is 15.0 Å². The van der Waals surface area contributed by atoms with E-state index in [2.05, 4.69) is 51.7 Å². The lowest BCUT2D eigenvalue weighted by Crippen LogP contribution is -2.48. The van der Waals surface area contributed by atoms with Crippen LogP contribution >= 0.6 is 0 Å². The first kappa shape index (κ1) is 20.8. The SMILES string of the molecule is CN(Cc1ccccc1)CC1CCN(CC(=O)NC(=O)NC2CCCC2)CC1. The van der Waals surface area contributed by atoms with E-state index in [0.29, 0.717) is 12.5 Å². The van der Waals surface area contributed by atoms with Crippen LogP contribution in [0.5, 0.6) is 0 Å². The molecule has 1 saturated heterocycles. The summed E-state index contributed by atoms with van der Waals surface area (Å²) in [4.78, 5) is 28.6. The molecule has 3 amide bonds. The van der Waals surface area contributed by atoms with Gasteiger partial charge in [0.2, 0.25) is 5.91 Å². The van der Waals surface area contributed by atoms with Gasteiger partial charge in [-0.05, 0) is 57.3 Å². The summed E-state index contributed by atoms with van der Waals surface area (Å²) in [6.45, 7) is 4.20. The molecule has 1 aromatic carbocycles. The maximum Gasteiger partial charge on any atom is 0.321 e. The summed E-state index contributed by atoms with van der Waals surface area (Å²) in [7, 11) is 2.18. The first-order valence-electron chi connectivity index (χ1n) is 10.6. The van der Waals surface area contributed by atoms with Crippen LogP contribution in [0.1, 0.15) is 44.1 Å². The second-order valence-corrected chi connectivity index (χ2v) is 8.40. The van der Waals surface area contributed by atoms with Crippen molar-refractivity contribution in [1.29, 1.82) is 0 Å². The predicted octanol–water partition coefficient (Wildman–Crippen LogP) is 2.60. The number of imide groups is 1. The van der Waals surface area contributed by atoms with Crippen molar-refractivity contribution in [2.45, 2.75) is 51.1 Å². The Bertz CT molecular complexity index is 623. The quantitative estimate of drug-likeness (QED) is 0.756. The highest BCUT2D eigenvalue weighted by Gasteiger charge is 2.23. The fourth-order valence-electron chi connectivity index (χ4n) is 4.39. The van der Waals surface area contributed by atoms with Crippen molar-refractivity contribution in [3.05, 3.63) is 35.9 Å². The minimum absolute atomic E-state index is 0.199. The molecule has 2 fully saturated rings. The normalized spacial score (nSPS) is 19.1. The number of hydrogen-bond donors (Lipinski definition) is 2. The Morgan fingerprint density at radius 3 is 2.43 bits per heavy atom. The second kappa shape index (κ2) is 10.6. The molecular formula is C22H34N4O2. The molecule has 6 heteroatoms. The van der Waals surface area contributed by atoms with Gasteiger partial charge in [0, 0.05) is 19.1 Å². The Hall–Kier alpha value is -1.92. The van der Waals surface area contributed by atoms with Crippen LogP contribution in [0.2, 0.25) is 0 Å². The highest BCUT2D eigenvalue weighted by atomic mass is 16.2. The fourth-order valence-corrected chi connectivity index (χ4v) is 4.39. The van der Waals surface area contributed by atoms with E-state index < -0.39 is 0 Å². The van der Waals surface area contributed by atoms with Gasteiger partial charge in [0.25, 0.3) is 0 Å². The number of nitrogens with one attached hydrogen (secondary N) is 2. The van der Waals surface area contributed by atoms with Crippen LogP contribution in [-0.2, 0) is 11.3 Å². The molecule has 6 nitrogen and oxygen atoms in total. The number of rotatable bonds is 7. The minimum Gasteiger partial charge on any atom is -0.335 e. The van der Waals surface area contributed by atoms with E-state index in [1.165, 1.54) is 5.56 Å². The average Bonchev–Trinajstić information content (AvgIpc) is 3.17. The van der Waals surface area contributed by atoms with Gasteiger partial charge in [-0.2, -0.15) is 0 Å². The molecule has 0 radical (unpaired) electrons. The molecule has 0 aromatic heterocycles. The summed E-state index contributed by atoms with van der Waals surface area (Å²) >= 11 is 0. The summed E-state index contributed by atoms with van der Waals surface area (Å²) in [6, 6.07) is 10.4. The van der Waals surface area contributed by atoms with Crippen LogP contribution in [0, 0.1) is 5.92 Å². The second-order valence-electron chi connectivity index (χ2n) is 8.40. The molecule has 2 aliphatic rings. The molecule has 0 bridgehead atoms. The Kier molecular flexibility index (Phi) is 7.86. The zero-order valence-electron chi connectivity index (χ0n) is 17.0. The largest absolute Gasteiger partial charge is 0.335 e. The third-order valence-electron chi connectivity index (χ3n) is 5.88. The summed E-state index contributed by atoms with van der Waals surface area (Å²) in [6.07, 6.45) is 6.56. The van der Waals surface area contributed by atoms with Crippen molar-refractivity contribution >= 4 is 11.9 Å². The molecular weight excluding hydrogens is 352 g/mol. The number of carbonyl (C=O) groups is 2. The zero-order chi connectivity index (χ0) is 19.8. The van der Waals surface area contributed by atoms with Gasteiger partial charge in [-0.25, -0.2) is 4.79 Å². The minimum atomic E-state index is -0.339. The topological polar surface area (TPSA) is 64.7 Å². The standard InChI is InChI=1S/C22H34N4O2/c1-25(15-18-7-3-2-4-8-18)16-19-11-13-26(14-12-19)17-21(27)24-22(28)23-20-9-5-6-10-20/h2-4,7-8,19-20H,5-6,9-17H2,1H3,(H2,23,24,27,28). The number of nitrogens with zero attached hydrogens (tertiary/aromatic N) is 2. The number of likely N-dealkylation sites (tertiary alicyclic amines) is 1. The Labute approximate surface area is 168 Å². The Morgan fingerprint density at radius 1 is 1.07 bits per heavy atom. The van der Waals surface area contributed by atoms with Crippen LogP contribution < -0.4 is 10.6 Å². The maximum atomic E-state index is 12.1. The van der Waals surface area contributed by atoms with Gasteiger partial charge < -0.3 is 10.2 Å². The van der Waals surface area contributed by atoms with Crippen molar-refractivity contribution in [3.8, 4) is 0 Å². The number of piperidine rings is 1. The van der Waals surface area contributed by atoms with Crippen molar-refractivity contribution in [3.63, 3.8) is 0 Å². The molecule has 1 aliphatic heterocycles. The summed E-state index contributed by atoms with van der Waals surface area (Å²) in [5.74, 6) is 0.467. The van der Waals surface area contributed by atoms with Crippen LogP contribution in [0.4, 0.5) is 4.79 Å². The molecule has 2 N–H and O–H groups in total. The number of amides is 3. The highest BCUT2D eigenvalue weighted by molar-refractivity contribution is 5.95. The Balaban J connectivity index is 1.31. The molecule has 0 spiro atoms. The first-order valence-corrected chi connectivity index (χ1v) is 10.6. The monoisotopic (exact) mass is 386 g/mol. The number of carbonyl (C=O) groups excluding carboxylic acids is 2. The molecule has 1 saturated carbocycles. The van der Waals surface area contributed by atoms with Crippen molar-refractivity contribution in [2.75, 3.05) is 33.2 Å². The lowest BCUT2D eigenvalue weighted by atomic mass is 9.96. The van der Waals surface area contributed by atoms with Gasteiger partial charge in [-0.15, -0.1) is 0 Å². The summed E-state index contributed by atoms with van der Waals surface area (Å²) in [5, 5.41) is 5.39. The number of benzene rings is 1. The van der Waals surface area contributed by atoms with E-state index >= 15 is 0 Å². The lowest BCUT2D eigenvalue weighted by Gasteiger charge is -2.33. The van der Waals surface area contributed by atoms with Gasteiger partial charge in [0.15, 0.2) is 0 Å². The van der Waals surface area contributed by atoms with E-state index in [1.54, 1.807) is 0 Å². The number of urea groups is 1. The van der Waals surface area contributed by atoms with Crippen LogP contribution in [0.15, 0.2) is 30.3 Å². The summed E-state index contributed by atoms with van der Waals surface area (Å²) < 4.78 is 0. The predicted molar refractivity (Wildman–Crippen MR) is 111 cm³/mol. The molecule has 0 unspecified atom stereocenters. The smallest absolute Gasteiger partial charge is 0.321 e. The molecule has 28 heavy (non-hydrogen) atoms. The van der Waals surface area contributed by atoms with E-state index in [4.69, 9.17) is 0 Å². The van der Waals surface area contributed by atoms with Crippen molar-refractivity contribution in [2.24, 2.45) is 5.92 Å². The van der Waals surface area contributed by atoms with Gasteiger partial charge in [0.05, 0.1) is 6.54 Å². The molecule has 154 valence electrons. The van der Waals surface area contributed by atoms with E-state index in [9.17, 15) is 9.59 Å². The first-order chi connectivity index (χ1) is 13.6. The van der Waals surface area contributed by atoms with Gasteiger partial charge in [0.1, 0.15) is 0 Å². The third kappa shape index (κ3) is 6.91. The van der Waals surface area contributed by atoms with Crippen LogP contribution in [0.25, 0.3) is 0 Å². The van der Waals surface area contributed by atoms with Gasteiger partial charge >= 0.3 is 6.03 Å². The molecule has 1 aromatic rings. The lowest BCUT2D eigenvalue weighted by molar-refractivity contribution is -0.121. The van der Waals surface area contributed by atoms with Crippen molar-refractivity contribution < 1.29 is 9.59 Å². The fraction of sp³-hybridized carbons (Fsp3) is 0.636. The third-order valence-corrected chi connectivity index (χ3v) is 5.88.